The normalized spacial score (nSPS) is 26.9. The van der Waals surface area contributed by atoms with Gasteiger partial charge in [0, 0.05) is 5.25 Å². The smallest absolute Gasteiger partial charge is 0.256 e. The number of aliphatic hydroxyl groups excluding tert-OH is 1. The van der Waals surface area contributed by atoms with E-state index in [1.54, 1.807) is 11.8 Å². The van der Waals surface area contributed by atoms with Crippen LogP contribution in [0.5, 0.6) is 0 Å². The fourth-order valence-corrected chi connectivity index (χ4v) is 3.04. The molecule has 0 aromatic carbocycles. The van der Waals surface area contributed by atoms with Crippen molar-refractivity contribution < 1.29 is 9.52 Å². The zero-order valence-electron chi connectivity index (χ0n) is 9.19. The summed E-state index contributed by atoms with van der Waals surface area (Å²) in [6.45, 7) is 3.86. The maximum absolute atomic E-state index is 9.82. The lowest BCUT2D eigenvalue weighted by Gasteiger charge is -2.25. The topological polar surface area (TPSA) is 46.3 Å². The molecule has 1 aromatic heterocycles. The van der Waals surface area contributed by atoms with Crippen molar-refractivity contribution in [1.82, 2.24) is 4.98 Å². The number of aliphatic hydroxyl groups is 1. The molecule has 1 N–H and O–H groups in total. The maximum Gasteiger partial charge on any atom is 0.256 e. The van der Waals surface area contributed by atoms with E-state index in [0.717, 1.165) is 30.7 Å². The van der Waals surface area contributed by atoms with Crippen molar-refractivity contribution in [3.8, 4) is 0 Å². The molecule has 0 radical (unpaired) electrons. The van der Waals surface area contributed by atoms with Crippen LogP contribution in [0.2, 0.25) is 0 Å². The molecule has 84 valence electrons. The molecule has 2 rings (SSSR count). The monoisotopic (exact) mass is 227 g/mol. The summed E-state index contributed by atoms with van der Waals surface area (Å²) >= 11 is 1.58. The van der Waals surface area contributed by atoms with Gasteiger partial charge in [-0.1, -0.05) is 24.6 Å². The van der Waals surface area contributed by atoms with Crippen molar-refractivity contribution in [3.63, 3.8) is 0 Å². The largest absolute Gasteiger partial charge is 0.437 e. The molecular formula is C11H17NO2S. The molecule has 1 saturated carbocycles. The highest BCUT2D eigenvalue weighted by atomic mass is 32.2. The number of thioether (sulfide) groups is 1. The molecule has 0 saturated heterocycles. The van der Waals surface area contributed by atoms with Crippen LogP contribution in [0.25, 0.3) is 0 Å². The average molecular weight is 227 g/mol. The van der Waals surface area contributed by atoms with Gasteiger partial charge < -0.3 is 9.52 Å². The molecule has 1 fully saturated rings. The lowest BCUT2D eigenvalue weighted by atomic mass is 9.97. The molecule has 1 aliphatic carbocycles. The summed E-state index contributed by atoms with van der Waals surface area (Å²) in [5.41, 5.74) is 0.947. The molecule has 0 unspecified atom stereocenters. The summed E-state index contributed by atoms with van der Waals surface area (Å²) in [4.78, 5) is 4.32. The Hall–Kier alpha value is -0.480. The number of nitrogens with zero attached hydrogens (tertiary/aromatic N) is 1. The minimum atomic E-state index is -0.198. The first-order valence-corrected chi connectivity index (χ1v) is 6.33. The fourth-order valence-electron chi connectivity index (χ4n) is 1.84. The average Bonchev–Trinajstić information content (AvgIpc) is 2.50. The highest BCUT2D eigenvalue weighted by Crippen LogP contribution is 2.33. The van der Waals surface area contributed by atoms with Gasteiger partial charge in [-0.15, -0.1) is 0 Å². The lowest BCUT2D eigenvalue weighted by molar-refractivity contribution is 0.136. The molecule has 3 nitrogen and oxygen atoms in total. The van der Waals surface area contributed by atoms with E-state index in [2.05, 4.69) is 4.98 Å². The van der Waals surface area contributed by atoms with Gasteiger partial charge >= 0.3 is 0 Å². The van der Waals surface area contributed by atoms with Gasteiger partial charge in [-0.05, 0) is 26.7 Å². The SMILES string of the molecule is Cc1nc(S[C@@H]2CCCC[C@H]2O)oc1C. The predicted octanol–water partition coefficient (Wildman–Crippen LogP) is 2.69. The van der Waals surface area contributed by atoms with Gasteiger partial charge in [-0.2, -0.15) is 0 Å². The second-order valence-electron chi connectivity index (χ2n) is 4.13. The Morgan fingerprint density at radius 2 is 2.07 bits per heavy atom. The molecule has 0 bridgehead atoms. The quantitative estimate of drug-likeness (QED) is 0.843. The van der Waals surface area contributed by atoms with Gasteiger partial charge in [-0.25, -0.2) is 4.98 Å². The summed E-state index contributed by atoms with van der Waals surface area (Å²) in [5.74, 6) is 0.878. The van der Waals surface area contributed by atoms with Crippen molar-refractivity contribution in [1.29, 1.82) is 0 Å². The van der Waals surface area contributed by atoms with Gasteiger partial charge in [-0.3, -0.25) is 0 Å². The molecule has 4 heteroatoms. The zero-order chi connectivity index (χ0) is 10.8. The van der Waals surface area contributed by atoms with Gasteiger partial charge in [0.05, 0.1) is 11.8 Å². The van der Waals surface area contributed by atoms with Crippen LogP contribution in [0.4, 0.5) is 0 Å². The number of aromatic nitrogens is 1. The molecule has 15 heavy (non-hydrogen) atoms. The second-order valence-corrected chi connectivity index (χ2v) is 5.32. The van der Waals surface area contributed by atoms with Crippen LogP contribution in [0.3, 0.4) is 0 Å². The van der Waals surface area contributed by atoms with E-state index >= 15 is 0 Å². The molecule has 0 spiro atoms. The molecule has 1 aromatic rings. The Morgan fingerprint density at radius 1 is 1.33 bits per heavy atom. The van der Waals surface area contributed by atoms with E-state index in [1.807, 2.05) is 13.8 Å². The molecule has 0 aliphatic heterocycles. The second kappa shape index (κ2) is 4.58. The Kier molecular flexibility index (Phi) is 3.36. The van der Waals surface area contributed by atoms with Crippen LogP contribution in [0.15, 0.2) is 9.64 Å². The van der Waals surface area contributed by atoms with Crippen LogP contribution >= 0.6 is 11.8 Å². The Labute approximate surface area is 94.3 Å². The summed E-state index contributed by atoms with van der Waals surface area (Å²) < 4.78 is 5.51. The molecular weight excluding hydrogens is 210 g/mol. The van der Waals surface area contributed by atoms with Gasteiger partial charge in [0.2, 0.25) is 0 Å². The maximum atomic E-state index is 9.82. The number of oxazole rings is 1. The van der Waals surface area contributed by atoms with E-state index in [0.29, 0.717) is 5.22 Å². The highest BCUT2D eigenvalue weighted by molar-refractivity contribution is 7.99. The third-order valence-electron chi connectivity index (χ3n) is 2.93. The predicted molar refractivity (Wildman–Crippen MR) is 60.1 cm³/mol. The summed E-state index contributed by atoms with van der Waals surface area (Å²) in [7, 11) is 0. The first-order chi connectivity index (χ1) is 7.16. The lowest BCUT2D eigenvalue weighted by Crippen LogP contribution is -2.26. The van der Waals surface area contributed by atoms with Gasteiger partial charge in [0.25, 0.3) is 5.22 Å². The Balaban J connectivity index is 2.01. The van der Waals surface area contributed by atoms with Crippen molar-refractivity contribution in [2.45, 2.75) is 56.1 Å². The minimum Gasteiger partial charge on any atom is -0.437 e. The third-order valence-corrected chi connectivity index (χ3v) is 4.16. The van der Waals surface area contributed by atoms with Gasteiger partial charge in [0.1, 0.15) is 5.76 Å². The van der Waals surface area contributed by atoms with Crippen LogP contribution in [0, 0.1) is 13.8 Å². The first kappa shape index (κ1) is 11.0. The molecule has 1 aliphatic rings. The van der Waals surface area contributed by atoms with E-state index in [4.69, 9.17) is 4.42 Å². The fraction of sp³-hybridized carbons (Fsp3) is 0.727. The number of hydrogen-bond donors (Lipinski definition) is 1. The minimum absolute atomic E-state index is 0.198. The summed E-state index contributed by atoms with van der Waals surface area (Å²) in [6.07, 6.45) is 4.12. The Bertz CT molecular complexity index is 318. The molecule has 1 heterocycles. The first-order valence-electron chi connectivity index (χ1n) is 5.45. The number of aryl methyl sites for hydroxylation is 2. The molecule has 0 amide bonds. The Morgan fingerprint density at radius 3 is 2.67 bits per heavy atom. The third kappa shape index (κ3) is 2.55. The van der Waals surface area contributed by atoms with E-state index in [-0.39, 0.29) is 11.4 Å². The van der Waals surface area contributed by atoms with Crippen molar-refractivity contribution in [2.24, 2.45) is 0 Å². The number of rotatable bonds is 2. The van der Waals surface area contributed by atoms with E-state index in [9.17, 15) is 5.11 Å². The number of hydrogen-bond acceptors (Lipinski definition) is 4. The zero-order valence-corrected chi connectivity index (χ0v) is 10.0. The van der Waals surface area contributed by atoms with Crippen molar-refractivity contribution >= 4 is 11.8 Å². The summed E-state index contributed by atoms with van der Waals surface area (Å²) in [5, 5.41) is 10.8. The van der Waals surface area contributed by atoms with Crippen LogP contribution < -0.4 is 0 Å². The van der Waals surface area contributed by atoms with Crippen molar-refractivity contribution in [3.05, 3.63) is 11.5 Å². The highest BCUT2D eigenvalue weighted by Gasteiger charge is 2.25. The van der Waals surface area contributed by atoms with Crippen LogP contribution in [0.1, 0.15) is 37.1 Å². The summed E-state index contributed by atoms with van der Waals surface area (Å²) in [6, 6.07) is 0. The van der Waals surface area contributed by atoms with Crippen molar-refractivity contribution in [2.75, 3.05) is 0 Å². The van der Waals surface area contributed by atoms with E-state index < -0.39 is 0 Å². The van der Waals surface area contributed by atoms with Crippen LogP contribution in [-0.2, 0) is 0 Å². The molecule has 2 atom stereocenters. The standard InChI is InChI=1S/C11H17NO2S/c1-7-8(2)14-11(12-7)15-10-6-4-3-5-9(10)13/h9-10,13H,3-6H2,1-2H3/t9-,10-/m1/s1. The van der Waals surface area contributed by atoms with E-state index in [1.165, 1.54) is 6.42 Å². The van der Waals surface area contributed by atoms with Crippen LogP contribution in [-0.4, -0.2) is 21.4 Å². The van der Waals surface area contributed by atoms with Gasteiger partial charge in [0.15, 0.2) is 0 Å².